The molecule has 0 aliphatic heterocycles. The summed E-state index contributed by atoms with van der Waals surface area (Å²) in [6.45, 7) is 19.3. The van der Waals surface area contributed by atoms with Gasteiger partial charge in [0.25, 0.3) is 0 Å². The van der Waals surface area contributed by atoms with Crippen molar-refractivity contribution in [2.24, 2.45) is 5.92 Å². The summed E-state index contributed by atoms with van der Waals surface area (Å²) in [5.74, 6) is 0.657. The average molecular weight is 490 g/mol. The first-order valence-corrected chi connectivity index (χ1v) is 20.0. The van der Waals surface area contributed by atoms with Crippen LogP contribution in [0.15, 0.2) is 68.5 Å². The van der Waals surface area contributed by atoms with Crippen LogP contribution in [0.25, 0.3) is 5.57 Å². The molecule has 2 aromatic rings. The molecule has 154 valence electrons. The fraction of sp³-hybridized carbons (Fsp3) is 0.357. The van der Waals surface area contributed by atoms with Crippen LogP contribution in [0.4, 0.5) is 0 Å². The summed E-state index contributed by atoms with van der Waals surface area (Å²) in [5, 5.41) is 0. The maximum atomic E-state index is 2.70. The van der Waals surface area contributed by atoms with Gasteiger partial charge < -0.3 is 0 Å². The minimum absolute atomic E-state index is 0.346. The second kappa shape index (κ2) is 8.36. The van der Waals surface area contributed by atoms with Crippen LogP contribution in [0.1, 0.15) is 59.1 Å². The van der Waals surface area contributed by atoms with Gasteiger partial charge in [0.1, 0.15) is 0 Å². The van der Waals surface area contributed by atoms with Crippen LogP contribution >= 0.6 is 0 Å². The molecule has 30 heavy (non-hydrogen) atoms. The van der Waals surface area contributed by atoms with Crippen molar-refractivity contribution < 1.29 is 20.4 Å². The minimum atomic E-state index is -1.91. The molecule has 4 rings (SSSR count). The van der Waals surface area contributed by atoms with Gasteiger partial charge in [-0.25, -0.2) is 0 Å². The van der Waals surface area contributed by atoms with E-state index in [0.717, 1.165) is 0 Å². The molecule has 2 atom stereocenters. The number of benzene rings is 2. The predicted molar refractivity (Wildman–Crippen MR) is 130 cm³/mol. The zero-order chi connectivity index (χ0) is 21.7. The zero-order valence-electron chi connectivity index (χ0n) is 19.8. The molecule has 0 spiro atoms. The molecule has 0 aromatic heterocycles. The fourth-order valence-electron chi connectivity index (χ4n) is 5.50. The van der Waals surface area contributed by atoms with Gasteiger partial charge >= 0.3 is 192 Å². The molecule has 0 N–H and O–H groups in total. The van der Waals surface area contributed by atoms with E-state index in [1.54, 1.807) is 22.3 Å². The van der Waals surface area contributed by atoms with E-state index in [0.29, 0.717) is 9.54 Å². The summed E-state index contributed by atoms with van der Waals surface area (Å²) in [5.41, 5.74) is 13.3. The summed E-state index contributed by atoms with van der Waals surface area (Å²) in [6.07, 6.45) is 2.70. The Morgan fingerprint density at radius 1 is 0.833 bits per heavy atom. The van der Waals surface area contributed by atoms with Crippen molar-refractivity contribution in [3.63, 3.8) is 0 Å². The third-order valence-corrected chi connectivity index (χ3v) is 25.9. The summed E-state index contributed by atoms with van der Waals surface area (Å²) in [4.78, 5) is 0. The van der Waals surface area contributed by atoms with Crippen molar-refractivity contribution in [1.82, 2.24) is 0 Å². The normalized spacial score (nSPS) is 20.6. The number of hydrogen-bond acceptors (Lipinski definition) is 0. The van der Waals surface area contributed by atoms with Gasteiger partial charge in [-0.15, -0.1) is 0 Å². The molecule has 2 aliphatic carbocycles. The van der Waals surface area contributed by atoms with Gasteiger partial charge in [-0.2, -0.15) is 0 Å². The third kappa shape index (κ3) is 3.55. The molecular weight excluding hydrogens is 456 g/mol. The summed E-state index contributed by atoms with van der Waals surface area (Å²) < 4.78 is 2.58. The van der Waals surface area contributed by atoms with Crippen LogP contribution in [0, 0.1) is 19.8 Å². The molecule has 2 aromatic carbocycles. The standard InChI is InChI=1S/C17H15.C9H13.C2H6Si.Zr/c1-12-7-9-15(13(2)11-12)17-10-8-14-5-3-4-6-16(14)17;1-6-5-7(2)9(4)8(6)3;1-3-2;/h3-11H,1-2H3;6H,1-4H3;1-2H3;. The van der Waals surface area contributed by atoms with E-state index in [9.17, 15) is 0 Å². The van der Waals surface area contributed by atoms with Crippen molar-refractivity contribution in [2.75, 3.05) is 0 Å². The summed E-state index contributed by atoms with van der Waals surface area (Å²) in [6, 6.07) is 16.2. The average Bonchev–Trinajstić information content (AvgIpc) is 3.16. The molecule has 0 amide bonds. The van der Waals surface area contributed by atoms with Gasteiger partial charge in [0.05, 0.1) is 0 Å². The van der Waals surface area contributed by atoms with E-state index < -0.39 is 20.4 Å². The van der Waals surface area contributed by atoms with Crippen LogP contribution in [-0.2, 0) is 20.4 Å². The Labute approximate surface area is 191 Å². The SMILES string of the molecule is CC1=C(C)C(C)[C]([Zr]([CH]2C=C(c3ccc(C)cc3C)c3ccccc32)=[Si](C)C)=C1C. The van der Waals surface area contributed by atoms with Crippen molar-refractivity contribution in [1.29, 1.82) is 0 Å². The Hall–Kier alpha value is -1.24. The van der Waals surface area contributed by atoms with Gasteiger partial charge in [-0.1, -0.05) is 0 Å². The molecule has 2 aliphatic rings. The third-order valence-electron chi connectivity index (χ3n) is 7.37. The van der Waals surface area contributed by atoms with Gasteiger partial charge in [-0.05, 0) is 0 Å². The molecule has 0 radical (unpaired) electrons. The first-order valence-electron chi connectivity index (χ1n) is 11.2. The van der Waals surface area contributed by atoms with E-state index in [4.69, 9.17) is 0 Å². The van der Waals surface area contributed by atoms with Gasteiger partial charge in [0, 0.05) is 0 Å². The maximum absolute atomic E-state index is 2.70. The predicted octanol–water partition coefficient (Wildman–Crippen LogP) is 7.92. The number of hydrogen-bond donors (Lipinski definition) is 0. The van der Waals surface area contributed by atoms with Crippen LogP contribution in [0.5, 0.6) is 0 Å². The number of aryl methyl sites for hydroxylation is 2. The van der Waals surface area contributed by atoms with Gasteiger partial charge in [0.15, 0.2) is 0 Å². The van der Waals surface area contributed by atoms with Gasteiger partial charge in [0.2, 0.25) is 0 Å². The van der Waals surface area contributed by atoms with E-state index >= 15 is 0 Å². The Balaban J connectivity index is 1.92. The van der Waals surface area contributed by atoms with Crippen molar-refractivity contribution in [2.45, 2.75) is 58.3 Å². The zero-order valence-corrected chi connectivity index (χ0v) is 23.2. The van der Waals surface area contributed by atoms with E-state index in [1.165, 1.54) is 27.8 Å². The molecule has 0 bridgehead atoms. The topological polar surface area (TPSA) is 0 Å². The first kappa shape index (κ1) is 22.0. The van der Waals surface area contributed by atoms with Crippen molar-refractivity contribution >= 4 is 11.0 Å². The van der Waals surface area contributed by atoms with Crippen molar-refractivity contribution in [3.05, 3.63) is 96.4 Å². The fourth-order valence-corrected chi connectivity index (χ4v) is 25.2. The molecule has 0 saturated heterocycles. The molecule has 0 heterocycles. The van der Waals surface area contributed by atoms with E-state index in [-0.39, 0.29) is 5.43 Å². The Kier molecular flexibility index (Phi) is 6.12. The molecule has 0 saturated carbocycles. The van der Waals surface area contributed by atoms with Crippen LogP contribution in [0.3, 0.4) is 0 Å². The quantitative estimate of drug-likeness (QED) is 0.384. The monoisotopic (exact) mass is 488 g/mol. The van der Waals surface area contributed by atoms with Gasteiger partial charge in [-0.3, -0.25) is 0 Å². The molecular formula is C28H34SiZr. The molecule has 0 nitrogen and oxygen atoms in total. The molecule has 2 heteroatoms. The van der Waals surface area contributed by atoms with Crippen molar-refractivity contribution in [3.8, 4) is 0 Å². The summed E-state index contributed by atoms with van der Waals surface area (Å²) in [7, 11) is 0. The molecule has 0 fully saturated rings. The first-order chi connectivity index (χ1) is 14.2. The number of fused-ring (bicyclic) bond motifs is 1. The van der Waals surface area contributed by atoms with Crippen LogP contribution in [0.2, 0.25) is 13.1 Å². The number of allylic oxidation sites excluding steroid dienone is 5. The summed E-state index contributed by atoms with van der Waals surface area (Å²) >= 11 is -1.91. The van der Waals surface area contributed by atoms with E-state index in [1.807, 2.05) is 3.28 Å². The Morgan fingerprint density at radius 2 is 1.53 bits per heavy atom. The van der Waals surface area contributed by atoms with Crippen LogP contribution < -0.4 is 0 Å². The second-order valence-electron chi connectivity index (χ2n) is 9.45. The van der Waals surface area contributed by atoms with E-state index in [2.05, 4.69) is 103 Å². The van der Waals surface area contributed by atoms with Crippen LogP contribution in [-0.4, -0.2) is 5.43 Å². The number of rotatable bonds is 3. The second-order valence-corrected chi connectivity index (χ2v) is 26.9. The Bertz CT molecular complexity index is 1170. The Morgan fingerprint density at radius 3 is 2.13 bits per heavy atom. The molecule has 2 unspecified atom stereocenters.